The fraction of sp³-hybridized carbons (Fsp3) is 0.588. The molecule has 0 bridgehead atoms. The summed E-state index contributed by atoms with van der Waals surface area (Å²) in [4.78, 5) is 12.3. The number of carbonyl (C=O) groups excluding carboxylic acids is 1. The summed E-state index contributed by atoms with van der Waals surface area (Å²) in [5.74, 6) is 0. The average molecular weight is 369 g/mol. The Morgan fingerprint density at radius 2 is 1.88 bits per heavy atom. The van der Waals surface area contributed by atoms with E-state index in [1.54, 1.807) is 37.4 Å². The first-order valence-electron chi connectivity index (χ1n) is 8.54. The van der Waals surface area contributed by atoms with Crippen LogP contribution in [0.4, 0.5) is 4.79 Å². The molecule has 1 fully saturated rings. The van der Waals surface area contributed by atoms with E-state index in [1.165, 1.54) is 4.31 Å². The van der Waals surface area contributed by atoms with Crippen LogP contribution in [0.1, 0.15) is 26.2 Å². The Kier molecular flexibility index (Phi) is 6.80. The maximum atomic E-state index is 12.7. The van der Waals surface area contributed by atoms with Crippen LogP contribution in [-0.2, 0) is 14.8 Å². The Balaban J connectivity index is 2.09. The Labute approximate surface area is 149 Å². The van der Waals surface area contributed by atoms with Crippen molar-refractivity contribution in [1.29, 1.82) is 0 Å². The van der Waals surface area contributed by atoms with Crippen LogP contribution in [0.3, 0.4) is 0 Å². The largest absolute Gasteiger partial charge is 0.385 e. The van der Waals surface area contributed by atoms with Crippen molar-refractivity contribution < 1.29 is 17.9 Å². The van der Waals surface area contributed by atoms with Crippen molar-refractivity contribution >= 4 is 16.1 Å². The molecule has 2 rings (SSSR count). The molecule has 0 atom stereocenters. The van der Waals surface area contributed by atoms with Gasteiger partial charge in [0.05, 0.1) is 4.90 Å². The number of hydrogen-bond acceptors (Lipinski definition) is 4. The SMILES string of the molecule is CCNC(=O)NC1(CCOC)CCN(S(=O)(=O)c2ccccc2)CC1. The normalized spacial score (nSPS) is 17.8. The summed E-state index contributed by atoms with van der Waals surface area (Å²) in [6.45, 7) is 3.65. The van der Waals surface area contributed by atoms with Crippen molar-refractivity contribution in [3.05, 3.63) is 30.3 Å². The van der Waals surface area contributed by atoms with Gasteiger partial charge in [0.15, 0.2) is 0 Å². The van der Waals surface area contributed by atoms with Gasteiger partial charge in [-0.15, -0.1) is 0 Å². The predicted molar refractivity (Wildman–Crippen MR) is 95.9 cm³/mol. The zero-order valence-corrected chi connectivity index (χ0v) is 15.6. The van der Waals surface area contributed by atoms with Gasteiger partial charge in [-0.2, -0.15) is 4.31 Å². The first-order chi connectivity index (χ1) is 11.9. The number of piperidine rings is 1. The summed E-state index contributed by atoms with van der Waals surface area (Å²) < 4.78 is 32.1. The van der Waals surface area contributed by atoms with Crippen molar-refractivity contribution in [2.75, 3.05) is 33.4 Å². The van der Waals surface area contributed by atoms with Gasteiger partial charge < -0.3 is 15.4 Å². The van der Waals surface area contributed by atoms with Crippen LogP contribution in [0.5, 0.6) is 0 Å². The molecule has 2 amide bonds. The van der Waals surface area contributed by atoms with Gasteiger partial charge in [-0.05, 0) is 38.3 Å². The fourth-order valence-corrected chi connectivity index (χ4v) is 4.54. The molecule has 1 heterocycles. The lowest BCUT2D eigenvalue weighted by Crippen LogP contribution is -2.58. The highest BCUT2D eigenvalue weighted by Gasteiger charge is 2.39. The maximum absolute atomic E-state index is 12.7. The predicted octanol–water partition coefficient (Wildman–Crippen LogP) is 1.57. The summed E-state index contributed by atoms with van der Waals surface area (Å²) in [5, 5.41) is 5.77. The molecular formula is C17H27N3O4S. The van der Waals surface area contributed by atoms with Crippen molar-refractivity contribution in [1.82, 2.24) is 14.9 Å². The molecule has 0 saturated carbocycles. The van der Waals surface area contributed by atoms with Crippen molar-refractivity contribution in [2.45, 2.75) is 36.6 Å². The van der Waals surface area contributed by atoms with E-state index in [2.05, 4.69) is 10.6 Å². The highest BCUT2D eigenvalue weighted by Crippen LogP contribution is 2.29. The number of carbonyl (C=O) groups is 1. The highest BCUT2D eigenvalue weighted by atomic mass is 32.2. The molecule has 0 radical (unpaired) electrons. The number of rotatable bonds is 7. The molecule has 1 aromatic carbocycles. The van der Waals surface area contributed by atoms with Gasteiger partial charge in [0, 0.05) is 38.9 Å². The Morgan fingerprint density at radius 3 is 2.44 bits per heavy atom. The Bertz CT molecular complexity index is 656. The van der Waals surface area contributed by atoms with Crippen molar-refractivity contribution in [2.24, 2.45) is 0 Å². The van der Waals surface area contributed by atoms with E-state index < -0.39 is 15.6 Å². The molecule has 0 unspecified atom stereocenters. The number of nitrogens with one attached hydrogen (secondary N) is 2. The van der Waals surface area contributed by atoms with Gasteiger partial charge in [0.2, 0.25) is 10.0 Å². The summed E-state index contributed by atoms with van der Waals surface area (Å²) in [6.07, 6.45) is 1.76. The lowest BCUT2D eigenvalue weighted by molar-refractivity contribution is 0.122. The smallest absolute Gasteiger partial charge is 0.315 e. The van der Waals surface area contributed by atoms with E-state index >= 15 is 0 Å². The van der Waals surface area contributed by atoms with Gasteiger partial charge in [0.1, 0.15) is 0 Å². The van der Waals surface area contributed by atoms with E-state index in [-0.39, 0.29) is 6.03 Å². The summed E-state index contributed by atoms with van der Waals surface area (Å²) >= 11 is 0. The maximum Gasteiger partial charge on any atom is 0.315 e. The molecule has 2 N–H and O–H groups in total. The van der Waals surface area contributed by atoms with Gasteiger partial charge in [0.25, 0.3) is 0 Å². The van der Waals surface area contributed by atoms with E-state index in [0.29, 0.717) is 50.4 Å². The highest BCUT2D eigenvalue weighted by molar-refractivity contribution is 7.89. The lowest BCUT2D eigenvalue weighted by Gasteiger charge is -2.41. The molecular weight excluding hydrogens is 342 g/mol. The molecule has 1 aromatic rings. The van der Waals surface area contributed by atoms with Gasteiger partial charge in [-0.3, -0.25) is 0 Å². The number of urea groups is 1. The third kappa shape index (κ3) is 4.93. The van der Waals surface area contributed by atoms with E-state index in [0.717, 1.165) is 0 Å². The number of benzene rings is 1. The van der Waals surface area contributed by atoms with Gasteiger partial charge in [-0.1, -0.05) is 18.2 Å². The molecule has 0 aliphatic carbocycles. The van der Waals surface area contributed by atoms with Crippen LogP contribution in [0.2, 0.25) is 0 Å². The first kappa shape index (κ1) is 19.7. The van der Waals surface area contributed by atoms with Crippen LogP contribution >= 0.6 is 0 Å². The third-order valence-corrected chi connectivity index (χ3v) is 6.47. The van der Waals surface area contributed by atoms with Crippen LogP contribution < -0.4 is 10.6 Å². The van der Waals surface area contributed by atoms with Gasteiger partial charge >= 0.3 is 6.03 Å². The molecule has 1 aliphatic heterocycles. The van der Waals surface area contributed by atoms with Crippen molar-refractivity contribution in [3.63, 3.8) is 0 Å². The second-order valence-electron chi connectivity index (χ2n) is 6.22. The molecule has 7 nitrogen and oxygen atoms in total. The Morgan fingerprint density at radius 1 is 1.24 bits per heavy atom. The first-order valence-corrected chi connectivity index (χ1v) is 9.98. The molecule has 0 spiro atoms. The summed E-state index contributed by atoms with van der Waals surface area (Å²) in [6, 6.07) is 8.22. The third-order valence-electron chi connectivity index (χ3n) is 4.56. The fourth-order valence-electron chi connectivity index (χ4n) is 3.08. The quantitative estimate of drug-likeness (QED) is 0.764. The second kappa shape index (κ2) is 8.64. The molecule has 1 aliphatic rings. The zero-order chi connectivity index (χ0) is 18.3. The minimum Gasteiger partial charge on any atom is -0.385 e. The van der Waals surface area contributed by atoms with Crippen LogP contribution in [0.15, 0.2) is 35.2 Å². The van der Waals surface area contributed by atoms with Crippen LogP contribution in [0.25, 0.3) is 0 Å². The number of hydrogen-bond donors (Lipinski definition) is 2. The average Bonchev–Trinajstić information content (AvgIpc) is 2.61. The van der Waals surface area contributed by atoms with Gasteiger partial charge in [-0.25, -0.2) is 13.2 Å². The van der Waals surface area contributed by atoms with E-state index in [4.69, 9.17) is 4.74 Å². The molecule has 25 heavy (non-hydrogen) atoms. The number of sulfonamides is 1. The monoisotopic (exact) mass is 369 g/mol. The van der Waals surface area contributed by atoms with Crippen molar-refractivity contribution in [3.8, 4) is 0 Å². The minimum absolute atomic E-state index is 0.224. The molecule has 8 heteroatoms. The number of ether oxygens (including phenoxy) is 1. The molecule has 1 saturated heterocycles. The second-order valence-corrected chi connectivity index (χ2v) is 8.16. The number of methoxy groups -OCH3 is 1. The zero-order valence-electron chi connectivity index (χ0n) is 14.8. The lowest BCUT2D eigenvalue weighted by atomic mass is 9.85. The number of nitrogens with zero attached hydrogens (tertiary/aromatic N) is 1. The van der Waals surface area contributed by atoms with E-state index in [9.17, 15) is 13.2 Å². The summed E-state index contributed by atoms with van der Waals surface area (Å²) in [7, 11) is -1.88. The molecule has 140 valence electrons. The standard InChI is InChI=1S/C17H27N3O4S/c1-3-18-16(21)19-17(11-14-24-2)9-12-20(13-10-17)25(22,23)15-7-5-4-6-8-15/h4-8H,3,9-14H2,1-2H3,(H2,18,19,21). The molecule has 0 aromatic heterocycles. The summed E-state index contributed by atoms with van der Waals surface area (Å²) in [5.41, 5.74) is -0.446. The van der Waals surface area contributed by atoms with E-state index in [1.807, 2.05) is 6.92 Å². The minimum atomic E-state index is -3.50. The number of amides is 2. The van der Waals surface area contributed by atoms with Crippen LogP contribution in [-0.4, -0.2) is 57.6 Å². The topological polar surface area (TPSA) is 87.7 Å². The Hall–Kier alpha value is -1.64. The van der Waals surface area contributed by atoms with Crippen LogP contribution in [0, 0.1) is 0 Å².